The number of hydrogen-bond donors (Lipinski definition) is 1. The van der Waals surface area contributed by atoms with E-state index in [1.54, 1.807) is 0 Å². The van der Waals surface area contributed by atoms with E-state index in [4.69, 9.17) is 4.99 Å². The van der Waals surface area contributed by atoms with Gasteiger partial charge in [-0.05, 0) is 45.2 Å². The summed E-state index contributed by atoms with van der Waals surface area (Å²) >= 11 is 0. The molecule has 5 heteroatoms. The number of guanidine groups is 1. The zero-order chi connectivity index (χ0) is 17.2. The number of amides is 1. The van der Waals surface area contributed by atoms with Crippen molar-refractivity contribution in [2.45, 2.75) is 39.5 Å². The summed E-state index contributed by atoms with van der Waals surface area (Å²) in [6, 6.07) is 10.1. The average molecular weight is 330 g/mol. The van der Waals surface area contributed by atoms with E-state index in [0.717, 1.165) is 37.8 Å². The van der Waals surface area contributed by atoms with Crippen LogP contribution in [0.3, 0.4) is 0 Å². The minimum absolute atomic E-state index is 0.182. The van der Waals surface area contributed by atoms with Crippen LogP contribution in [0, 0.1) is 0 Å². The monoisotopic (exact) mass is 330 g/mol. The number of hydrogen-bond acceptors (Lipinski definition) is 2. The van der Waals surface area contributed by atoms with E-state index in [2.05, 4.69) is 10.2 Å². The highest BCUT2D eigenvalue weighted by Crippen LogP contribution is 2.12. The van der Waals surface area contributed by atoms with Gasteiger partial charge in [-0.2, -0.15) is 0 Å². The molecule has 1 aliphatic rings. The van der Waals surface area contributed by atoms with E-state index in [-0.39, 0.29) is 5.91 Å². The minimum atomic E-state index is 0.182. The van der Waals surface area contributed by atoms with Crippen molar-refractivity contribution in [3.63, 3.8) is 0 Å². The number of rotatable bonds is 6. The number of nitrogens with one attached hydrogen (secondary N) is 1. The molecule has 0 aromatic heterocycles. The van der Waals surface area contributed by atoms with Gasteiger partial charge in [-0.15, -0.1) is 0 Å². The zero-order valence-corrected chi connectivity index (χ0v) is 15.0. The van der Waals surface area contributed by atoms with Gasteiger partial charge in [0.1, 0.15) is 0 Å². The molecule has 0 bridgehead atoms. The third-order valence-electron chi connectivity index (χ3n) is 4.39. The molecule has 1 N–H and O–H groups in total. The first-order valence-electron chi connectivity index (χ1n) is 9.13. The van der Waals surface area contributed by atoms with E-state index in [0.29, 0.717) is 13.0 Å². The van der Waals surface area contributed by atoms with Crippen LogP contribution in [-0.4, -0.2) is 54.4 Å². The molecule has 1 fully saturated rings. The molecule has 2 rings (SSSR count). The Bertz CT molecular complexity index is 519. The Labute approximate surface area is 145 Å². The fraction of sp³-hybridized carbons (Fsp3) is 0.579. The van der Waals surface area contributed by atoms with Crippen LogP contribution < -0.4 is 5.32 Å². The van der Waals surface area contributed by atoms with Crippen LogP contribution in [-0.2, 0) is 4.79 Å². The van der Waals surface area contributed by atoms with Crippen LogP contribution in [0.25, 0.3) is 0 Å². The predicted octanol–water partition coefficient (Wildman–Crippen LogP) is 3.20. The first-order chi connectivity index (χ1) is 11.7. The van der Waals surface area contributed by atoms with Crippen LogP contribution >= 0.6 is 0 Å². The van der Waals surface area contributed by atoms with Crippen molar-refractivity contribution in [1.29, 1.82) is 0 Å². The normalized spacial score (nSPS) is 15.2. The summed E-state index contributed by atoms with van der Waals surface area (Å²) in [6.07, 6.45) is 4.16. The fourth-order valence-electron chi connectivity index (χ4n) is 2.97. The number of anilines is 1. The lowest BCUT2D eigenvalue weighted by atomic mass is 10.1. The highest BCUT2D eigenvalue weighted by molar-refractivity contribution is 5.93. The number of carbonyl (C=O) groups is 1. The lowest BCUT2D eigenvalue weighted by Crippen LogP contribution is -2.40. The number of likely N-dealkylation sites (tertiary alicyclic amines) is 1. The van der Waals surface area contributed by atoms with Crippen LogP contribution in [0.5, 0.6) is 0 Å². The first-order valence-corrected chi connectivity index (χ1v) is 9.13. The first kappa shape index (κ1) is 18.3. The van der Waals surface area contributed by atoms with Crippen molar-refractivity contribution in [2.75, 3.05) is 38.0 Å². The van der Waals surface area contributed by atoms with Gasteiger partial charge in [-0.25, -0.2) is 0 Å². The number of benzene rings is 1. The Hall–Kier alpha value is -2.04. The Morgan fingerprint density at radius 2 is 1.79 bits per heavy atom. The lowest BCUT2D eigenvalue weighted by molar-refractivity contribution is -0.130. The molecule has 0 radical (unpaired) electrons. The van der Waals surface area contributed by atoms with E-state index in [1.165, 1.54) is 19.3 Å². The molecule has 0 aliphatic carbocycles. The minimum Gasteiger partial charge on any atom is -0.343 e. The second-order valence-corrected chi connectivity index (χ2v) is 6.06. The van der Waals surface area contributed by atoms with Gasteiger partial charge in [0.2, 0.25) is 5.91 Å². The molecule has 1 aliphatic heterocycles. The number of nitrogens with zero attached hydrogens (tertiary/aromatic N) is 3. The molecule has 0 unspecified atom stereocenters. The highest BCUT2D eigenvalue weighted by Gasteiger charge is 2.15. The van der Waals surface area contributed by atoms with E-state index in [9.17, 15) is 4.79 Å². The van der Waals surface area contributed by atoms with Gasteiger partial charge < -0.3 is 15.1 Å². The molecule has 1 aromatic carbocycles. The Balaban J connectivity index is 2.00. The van der Waals surface area contributed by atoms with E-state index < -0.39 is 0 Å². The van der Waals surface area contributed by atoms with Crippen molar-refractivity contribution in [1.82, 2.24) is 9.80 Å². The van der Waals surface area contributed by atoms with Crippen LogP contribution in [0.15, 0.2) is 35.3 Å². The molecule has 24 heavy (non-hydrogen) atoms. The maximum atomic E-state index is 12.1. The molecule has 1 amide bonds. The summed E-state index contributed by atoms with van der Waals surface area (Å²) in [5.41, 5.74) is 1.04. The molecule has 0 saturated carbocycles. The van der Waals surface area contributed by atoms with Gasteiger partial charge >= 0.3 is 0 Å². The standard InChI is InChI=1S/C19H30N4O/c1-3-22(4-2)18(24)13-14-20-19(23-15-9-6-10-16-23)21-17-11-7-5-8-12-17/h5,7-8,11-12H,3-4,6,9-10,13-16H2,1-2H3,(H,20,21). The van der Waals surface area contributed by atoms with Crippen molar-refractivity contribution in [3.8, 4) is 0 Å². The second-order valence-electron chi connectivity index (χ2n) is 6.06. The molecule has 0 atom stereocenters. The molecule has 0 spiro atoms. The largest absolute Gasteiger partial charge is 0.343 e. The quantitative estimate of drug-likeness (QED) is 0.644. The third-order valence-corrected chi connectivity index (χ3v) is 4.39. The van der Waals surface area contributed by atoms with E-state index >= 15 is 0 Å². The number of carbonyl (C=O) groups excluding carboxylic acids is 1. The Kier molecular flexibility index (Phi) is 7.59. The molecule has 1 saturated heterocycles. The third kappa shape index (κ3) is 5.55. The summed E-state index contributed by atoms with van der Waals surface area (Å²) in [5, 5.41) is 3.43. The molecular formula is C19H30N4O. The predicted molar refractivity (Wildman–Crippen MR) is 100 cm³/mol. The molecule has 5 nitrogen and oxygen atoms in total. The number of piperidine rings is 1. The number of para-hydroxylation sites is 1. The van der Waals surface area contributed by atoms with Crippen molar-refractivity contribution >= 4 is 17.6 Å². The average Bonchev–Trinajstić information content (AvgIpc) is 2.63. The van der Waals surface area contributed by atoms with Gasteiger partial charge in [0.05, 0.1) is 6.54 Å². The molecule has 132 valence electrons. The van der Waals surface area contributed by atoms with Crippen LogP contribution in [0.2, 0.25) is 0 Å². The summed E-state index contributed by atoms with van der Waals surface area (Å²) in [4.78, 5) is 21.0. The maximum Gasteiger partial charge on any atom is 0.224 e. The van der Waals surface area contributed by atoms with Crippen LogP contribution in [0.1, 0.15) is 39.5 Å². The van der Waals surface area contributed by atoms with Crippen molar-refractivity contribution in [3.05, 3.63) is 30.3 Å². The molecule has 1 heterocycles. The van der Waals surface area contributed by atoms with Gasteiger partial charge in [-0.1, -0.05) is 18.2 Å². The Morgan fingerprint density at radius 1 is 1.12 bits per heavy atom. The zero-order valence-electron chi connectivity index (χ0n) is 15.0. The topological polar surface area (TPSA) is 47.9 Å². The summed E-state index contributed by atoms with van der Waals surface area (Å²) in [5.74, 6) is 1.08. The second kappa shape index (κ2) is 9.96. The molecule has 1 aromatic rings. The Morgan fingerprint density at radius 3 is 2.42 bits per heavy atom. The van der Waals surface area contributed by atoms with Gasteiger partial charge in [0.15, 0.2) is 5.96 Å². The SMILES string of the molecule is CCN(CC)C(=O)CCN=C(Nc1ccccc1)N1CCCCC1. The van der Waals surface area contributed by atoms with Crippen molar-refractivity contribution < 1.29 is 4.79 Å². The summed E-state index contributed by atoms with van der Waals surface area (Å²) in [7, 11) is 0. The highest BCUT2D eigenvalue weighted by atomic mass is 16.2. The van der Waals surface area contributed by atoms with E-state index in [1.807, 2.05) is 49.1 Å². The number of aliphatic imine (C=N–C) groups is 1. The van der Waals surface area contributed by atoms with Crippen LogP contribution in [0.4, 0.5) is 5.69 Å². The van der Waals surface area contributed by atoms with Crippen molar-refractivity contribution in [2.24, 2.45) is 4.99 Å². The molecular weight excluding hydrogens is 300 g/mol. The smallest absolute Gasteiger partial charge is 0.224 e. The lowest BCUT2D eigenvalue weighted by Gasteiger charge is -2.30. The van der Waals surface area contributed by atoms with Gasteiger partial charge in [0.25, 0.3) is 0 Å². The summed E-state index contributed by atoms with van der Waals surface area (Å²) < 4.78 is 0. The summed E-state index contributed by atoms with van der Waals surface area (Å²) in [6.45, 7) is 8.15. The van der Waals surface area contributed by atoms with Gasteiger partial charge in [0, 0.05) is 38.3 Å². The van der Waals surface area contributed by atoms with Gasteiger partial charge in [-0.3, -0.25) is 9.79 Å². The maximum absolute atomic E-state index is 12.1. The fourth-order valence-corrected chi connectivity index (χ4v) is 2.97.